The molecule has 1 heterocycles. The van der Waals surface area contributed by atoms with Crippen LogP contribution in [0.3, 0.4) is 0 Å². The molecule has 7 heteroatoms. The number of nitrogen functional groups attached to an aromatic ring is 1. The van der Waals surface area contributed by atoms with Crippen LogP contribution >= 0.6 is 11.6 Å². The molecule has 5 nitrogen and oxygen atoms in total. The van der Waals surface area contributed by atoms with Crippen LogP contribution in [0.4, 0.5) is 10.1 Å². The molecule has 0 saturated carbocycles. The molecule has 2 N–H and O–H groups in total. The van der Waals surface area contributed by atoms with E-state index in [2.05, 4.69) is 15.5 Å². The first kappa shape index (κ1) is 12.6. The predicted octanol–water partition coefficient (Wildman–Crippen LogP) is 2.70. The summed E-state index contributed by atoms with van der Waals surface area (Å²) in [7, 11) is 0. The molecular weight excluding hydrogens is 281 g/mol. The second-order valence-corrected chi connectivity index (χ2v) is 4.55. The summed E-state index contributed by atoms with van der Waals surface area (Å²) >= 11 is 5.78. The summed E-state index contributed by atoms with van der Waals surface area (Å²) in [5.74, 6) is 0.00831. The Bertz CT molecular complexity index is 771. The summed E-state index contributed by atoms with van der Waals surface area (Å²) in [6, 6.07) is 11.4. The highest BCUT2D eigenvalue weighted by molar-refractivity contribution is 6.30. The number of aromatic nitrogens is 4. The van der Waals surface area contributed by atoms with E-state index < -0.39 is 5.82 Å². The molecule has 0 atom stereocenters. The molecule has 0 aliphatic rings. The molecule has 20 heavy (non-hydrogen) atoms. The van der Waals surface area contributed by atoms with Crippen LogP contribution in [0.15, 0.2) is 42.5 Å². The van der Waals surface area contributed by atoms with Crippen LogP contribution in [-0.4, -0.2) is 20.2 Å². The van der Waals surface area contributed by atoms with Gasteiger partial charge in [0.15, 0.2) is 5.82 Å². The van der Waals surface area contributed by atoms with Gasteiger partial charge in [-0.25, -0.2) is 4.39 Å². The van der Waals surface area contributed by atoms with E-state index in [9.17, 15) is 4.39 Å². The van der Waals surface area contributed by atoms with E-state index in [0.717, 1.165) is 5.56 Å². The average Bonchev–Trinajstić information content (AvgIpc) is 2.91. The molecule has 3 rings (SSSR count). The zero-order chi connectivity index (χ0) is 14.1. The molecule has 2 aromatic carbocycles. The van der Waals surface area contributed by atoms with Crippen molar-refractivity contribution in [2.75, 3.05) is 5.73 Å². The molecule has 0 aliphatic carbocycles. The molecular formula is C13H9ClFN5. The average molecular weight is 290 g/mol. The highest BCUT2D eigenvalue weighted by Gasteiger charge is 2.12. The van der Waals surface area contributed by atoms with Crippen molar-refractivity contribution in [2.24, 2.45) is 0 Å². The van der Waals surface area contributed by atoms with Crippen LogP contribution in [0.25, 0.3) is 17.1 Å². The quantitative estimate of drug-likeness (QED) is 0.736. The maximum Gasteiger partial charge on any atom is 0.187 e. The maximum absolute atomic E-state index is 13.2. The van der Waals surface area contributed by atoms with Gasteiger partial charge < -0.3 is 5.73 Å². The van der Waals surface area contributed by atoms with E-state index in [4.69, 9.17) is 17.3 Å². The SMILES string of the molecule is Nc1cccc(-c2nnnn2-c2ccc(F)c(Cl)c2)c1. The Morgan fingerprint density at radius 1 is 1.15 bits per heavy atom. The van der Waals surface area contributed by atoms with Gasteiger partial charge in [0, 0.05) is 11.3 Å². The van der Waals surface area contributed by atoms with Crippen LogP contribution in [0.1, 0.15) is 0 Å². The Morgan fingerprint density at radius 3 is 2.75 bits per heavy atom. The Balaban J connectivity index is 2.12. The lowest BCUT2D eigenvalue weighted by Crippen LogP contribution is -2.00. The highest BCUT2D eigenvalue weighted by atomic mass is 35.5. The molecule has 0 unspecified atom stereocenters. The molecule has 3 aromatic rings. The van der Waals surface area contributed by atoms with E-state index in [1.807, 2.05) is 6.07 Å². The number of nitrogens with zero attached hydrogens (tertiary/aromatic N) is 4. The Morgan fingerprint density at radius 2 is 2.00 bits per heavy atom. The number of hydrogen-bond acceptors (Lipinski definition) is 4. The molecule has 0 radical (unpaired) electrons. The standard InChI is InChI=1S/C13H9ClFN5/c14-11-7-10(4-5-12(11)15)20-13(17-18-19-20)8-2-1-3-9(16)6-8/h1-7H,16H2. The number of tetrazole rings is 1. The summed E-state index contributed by atoms with van der Waals surface area (Å²) in [6.07, 6.45) is 0. The number of rotatable bonds is 2. The maximum atomic E-state index is 13.2. The van der Waals surface area contributed by atoms with Crippen molar-refractivity contribution in [3.05, 3.63) is 53.3 Å². The van der Waals surface area contributed by atoms with Crippen molar-refractivity contribution in [2.45, 2.75) is 0 Å². The molecule has 0 aliphatic heterocycles. The van der Waals surface area contributed by atoms with Crippen LogP contribution in [0.2, 0.25) is 5.02 Å². The second-order valence-electron chi connectivity index (χ2n) is 4.14. The van der Waals surface area contributed by atoms with Crippen LogP contribution < -0.4 is 5.73 Å². The normalized spacial score (nSPS) is 10.7. The van der Waals surface area contributed by atoms with Gasteiger partial charge in [-0.05, 0) is 40.8 Å². The fourth-order valence-corrected chi connectivity index (χ4v) is 2.01. The lowest BCUT2D eigenvalue weighted by molar-refractivity contribution is 0.627. The smallest absolute Gasteiger partial charge is 0.187 e. The zero-order valence-electron chi connectivity index (χ0n) is 10.2. The molecule has 0 spiro atoms. The predicted molar refractivity (Wildman–Crippen MR) is 74.0 cm³/mol. The van der Waals surface area contributed by atoms with Gasteiger partial charge in [0.25, 0.3) is 0 Å². The molecule has 1 aromatic heterocycles. The minimum absolute atomic E-state index is 0.0107. The number of nitrogens with two attached hydrogens (primary N) is 1. The lowest BCUT2D eigenvalue weighted by atomic mass is 10.2. The molecule has 0 saturated heterocycles. The number of benzene rings is 2. The monoisotopic (exact) mass is 289 g/mol. The van der Waals surface area contributed by atoms with Crippen molar-refractivity contribution in [1.82, 2.24) is 20.2 Å². The first-order valence-electron chi connectivity index (χ1n) is 5.75. The molecule has 0 amide bonds. The third kappa shape index (κ3) is 2.21. The first-order chi connectivity index (χ1) is 9.65. The van der Waals surface area contributed by atoms with Gasteiger partial charge >= 0.3 is 0 Å². The van der Waals surface area contributed by atoms with Crippen LogP contribution in [0.5, 0.6) is 0 Å². The van der Waals surface area contributed by atoms with E-state index >= 15 is 0 Å². The third-order valence-corrected chi connectivity index (χ3v) is 3.05. The van der Waals surface area contributed by atoms with Crippen molar-refractivity contribution in [1.29, 1.82) is 0 Å². The van der Waals surface area contributed by atoms with Gasteiger partial charge in [0.2, 0.25) is 0 Å². The number of hydrogen-bond donors (Lipinski definition) is 1. The van der Waals surface area contributed by atoms with Crippen molar-refractivity contribution < 1.29 is 4.39 Å². The van der Waals surface area contributed by atoms with Crippen molar-refractivity contribution >= 4 is 17.3 Å². The van der Waals surface area contributed by atoms with Gasteiger partial charge in [-0.1, -0.05) is 23.7 Å². The van der Waals surface area contributed by atoms with Crippen molar-refractivity contribution in [3.63, 3.8) is 0 Å². The van der Waals surface area contributed by atoms with Gasteiger partial charge in [0.1, 0.15) is 5.82 Å². The first-order valence-corrected chi connectivity index (χ1v) is 6.12. The fourth-order valence-electron chi connectivity index (χ4n) is 1.84. The van der Waals surface area contributed by atoms with E-state index in [-0.39, 0.29) is 5.02 Å². The van der Waals surface area contributed by atoms with Gasteiger partial charge in [-0.3, -0.25) is 0 Å². The molecule has 100 valence electrons. The summed E-state index contributed by atoms with van der Waals surface area (Å²) in [5.41, 5.74) is 7.68. The molecule has 0 fully saturated rings. The topological polar surface area (TPSA) is 69.6 Å². The summed E-state index contributed by atoms with van der Waals surface area (Å²) in [5, 5.41) is 11.5. The minimum Gasteiger partial charge on any atom is -0.399 e. The summed E-state index contributed by atoms with van der Waals surface area (Å²) in [6.45, 7) is 0. The van der Waals surface area contributed by atoms with Gasteiger partial charge in [-0.15, -0.1) is 5.10 Å². The summed E-state index contributed by atoms with van der Waals surface area (Å²) in [4.78, 5) is 0. The minimum atomic E-state index is -0.492. The van der Waals surface area contributed by atoms with Crippen LogP contribution in [-0.2, 0) is 0 Å². The third-order valence-electron chi connectivity index (χ3n) is 2.76. The number of halogens is 2. The fraction of sp³-hybridized carbons (Fsp3) is 0. The highest BCUT2D eigenvalue weighted by Crippen LogP contribution is 2.23. The van der Waals surface area contributed by atoms with Crippen LogP contribution in [0, 0.1) is 5.82 Å². The van der Waals surface area contributed by atoms with Crippen molar-refractivity contribution in [3.8, 4) is 17.1 Å². The van der Waals surface area contributed by atoms with E-state index in [1.165, 1.54) is 16.8 Å². The largest absolute Gasteiger partial charge is 0.399 e. The Hall–Kier alpha value is -2.47. The van der Waals surface area contributed by atoms with Gasteiger partial charge in [-0.2, -0.15) is 4.68 Å². The number of anilines is 1. The Labute approximate surface area is 118 Å². The van der Waals surface area contributed by atoms with Gasteiger partial charge in [0.05, 0.1) is 10.7 Å². The van der Waals surface area contributed by atoms with E-state index in [0.29, 0.717) is 17.2 Å². The molecule has 0 bridgehead atoms. The van der Waals surface area contributed by atoms with E-state index in [1.54, 1.807) is 24.3 Å². The second kappa shape index (κ2) is 4.90. The zero-order valence-corrected chi connectivity index (χ0v) is 10.9. The summed E-state index contributed by atoms with van der Waals surface area (Å²) < 4.78 is 14.7. The Kier molecular flexibility index (Phi) is 3.08. The lowest BCUT2D eigenvalue weighted by Gasteiger charge is -2.06.